The van der Waals surface area contributed by atoms with E-state index in [9.17, 15) is 4.79 Å². The largest absolute Gasteiger partial charge is 0.478 e. The zero-order valence-electron chi connectivity index (χ0n) is 10.3. The summed E-state index contributed by atoms with van der Waals surface area (Å²) in [6, 6.07) is 1.79. The van der Waals surface area contributed by atoms with Crippen molar-refractivity contribution in [2.24, 2.45) is 5.92 Å². The Hall–Kier alpha value is -1.29. The Morgan fingerprint density at radius 2 is 2.39 bits per heavy atom. The number of anilines is 1. The van der Waals surface area contributed by atoms with Crippen LogP contribution in [0.1, 0.15) is 43.0 Å². The molecule has 0 radical (unpaired) electrons. The van der Waals surface area contributed by atoms with E-state index < -0.39 is 5.97 Å². The maximum Gasteiger partial charge on any atom is 0.337 e. The number of halogens is 1. The highest BCUT2D eigenvalue weighted by atomic mass is 35.5. The van der Waals surface area contributed by atoms with Crippen molar-refractivity contribution in [1.82, 2.24) is 4.98 Å². The highest BCUT2D eigenvalue weighted by molar-refractivity contribution is 6.33. The Bertz CT molecular complexity index is 447. The first kappa shape index (κ1) is 13.1. The quantitative estimate of drug-likeness (QED) is 0.830. The van der Waals surface area contributed by atoms with Crippen molar-refractivity contribution in [2.75, 3.05) is 5.32 Å². The molecule has 0 amide bonds. The molecule has 1 saturated carbocycles. The summed E-state index contributed by atoms with van der Waals surface area (Å²) in [6.45, 7) is 2.12. The Labute approximate surface area is 111 Å². The van der Waals surface area contributed by atoms with Crippen LogP contribution in [0.4, 0.5) is 5.82 Å². The lowest BCUT2D eigenvalue weighted by Gasteiger charge is -2.18. The molecule has 1 aromatic rings. The third-order valence-corrected chi connectivity index (χ3v) is 3.52. The number of nitrogens with zero attached hydrogens (tertiary/aromatic N) is 1. The molecule has 1 fully saturated rings. The van der Waals surface area contributed by atoms with Gasteiger partial charge in [0.2, 0.25) is 0 Å². The zero-order valence-corrected chi connectivity index (χ0v) is 11.1. The minimum absolute atomic E-state index is 0.112. The molecule has 1 atom stereocenters. The second kappa shape index (κ2) is 5.57. The molecule has 1 aliphatic carbocycles. The summed E-state index contributed by atoms with van der Waals surface area (Å²) in [5.41, 5.74) is 0.112. The normalized spacial score (nSPS) is 16.3. The average Bonchev–Trinajstić information content (AvgIpc) is 3.14. The molecule has 0 aliphatic heterocycles. The predicted molar refractivity (Wildman–Crippen MR) is 71.2 cm³/mol. The summed E-state index contributed by atoms with van der Waals surface area (Å²) in [7, 11) is 0. The topological polar surface area (TPSA) is 62.2 Å². The van der Waals surface area contributed by atoms with E-state index in [1.807, 2.05) is 0 Å². The lowest BCUT2D eigenvalue weighted by molar-refractivity contribution is 0.0696. The molecule has 98 valence electrons. The van der Waals surface area contributed by atoms with E-state index in [-0.39, 0.29) is 5.56 Å². The Balaban J connectivity index is 2.05. The molecule has 4 nitrogen and oxygen atoms in total. The highest BCUT2D eigenvalue weighted by Crippen LogP contribution is 2.35. The number of pyridine rings is 1. The Morgan fingerprint density at radius 1 is 1.67 bits per heavy atom. The van der Waals surface area contributed by atoms with E-state index in [0.29, 0.717) is 16.9 Å². The number of rotatable bonds is 6. The maximum atomic E-state index is 10.8. The van der Waals surface area contributed by atoms with Crippen LogP contribution in [0.2, 0.25) is 5.02 Å². The number of aromatic nitrogens is 1. The highest BCUT2D eigenvalue weighted by Gasteiger charge is 2.25. The van der Waals surface area contributed by atoms with Gasteiger partial charge in [-0.3, -0.25) is 0 Å². The van der Waals surface area contributed by atoms with E-state index in [4.69, 9.17) is 16.7 Å². The standard InChI is InChI=1S/C13H17ClN2O2/c1-2-10(5-8-3-4-8)16-12-11(14)6-9(7-15-12)13(17)18/h6-8,10H,2-5H2,1H3,(H,15,16)(H,17,18). The second-order valence-corrected chi connectivity index (χ2v) is 5.20. The van der Waals surface area contributed by atoms with Crippen LogP contribution >= 0.6 is 11.6 Å². The summed E-state index contributed by atoms with van der Waals surface area (Å²) in [6.07, 6.45) is 6.11. The van der Waals surface area contributed by atoms with Crippen LogP contribution in [0.3, 0.4) is 0 Å². The molecule has 0 aromatic carbocycles. The van der Waals surface area contributed by atoms with Gasteiger partial charge in [0.1, 0.15) is 5.82 Å². The van der Waals surface area contributed by atoms with Crippen LogP contribution in [0, 0.1) is 5.92 Å². The maximum absolute atomic E-state index is 10.8. The van der Waals surface area contributed by atoms with Crippen molar-refractivity contribution in [3.8, 4) is 0 Å². The minimum Gasteiger partial charge on any atom is -0.478 e. The van der Waals surface area contributed by atoms with Crippen molar-refractivity contribution in [3.63, 3.8) is 0 Å². The van der Waals surface area contributed by atoms with Crippen LogP contribution < -0.4 is 5.32 Å². The smallest absolute Gasteiger partial charge is 0.337 e. The van der Waals surface area contributed by atoms with Crippen molar-refractivity contribution in [1.29, 1.82) is 0 Å². The van der Waals surface area contributed by atoms with Gasteiger partial charge in [-0.05, 0) is 24.8 Å². The Morgan fingerprint density at radius 3 is 2.89 bits per heavy atom. The van der Waals surface area contributed by atoms with Crippen molar-refractivity contribution in [2.45, 2.75) is 38.6 Å². The predicted octanol–water partition coefficient (Wildman–Crippen LogP) is 3.42. The molecule has 1 heterocycles. The third-order valence-electron chi connectivity index (χ3n) is 3.24. The number of carboxylic acids is 1. The number of carboxylic acid groups (broad SMARTS) is 1. The molecule has 0 spiro atoms. The van der Waals surface area contributed by atoms with Crippen LogP contribution in [0.15, 0.2) is 12.3 Å². The number of hydrogen-bond donors (Lipinski definition) is 2. The average molecular weight is 269 g/mol. The molecular formula is C13H17ClN2O2. The fourth-order valence-corrected chi connectivity index (χ4v) is 2.16. The molecule has 0 saturated heterocycles. The number of carbonyl (C=O) groups is 1. The van der Waals surface area contributed by atoms with Crippen LogP contribution in [-0.4, -0.2) is 22.1 Å². The first-order valence-electron chi connectivity index (χ1n) is 6.25. The first-order chi connectivity index (χ1) is 8.60. The van der Waals surface area contributed by atoms with Gasteiger partial charge in [-0.1, -0.05) is 31.4 Å². The summed E-state index contributed by atoms with van der Waals surface area (Å²) >= 11 is 6.04. The molecule has 2 rings (SSSR count). The molecular weight excluding hydrogens is 252 g/mol. The molecule has 2 N–H and O–H groups in total. The van der Waals surface area contributed by atoms with Crippen molar-refractivity contribution >= 4 is 23.4 Å². The minimum atomic E-state index is -1.01. The summed E-state index contributed by atoms with van der Waals surface area (Å²) in [5, 5.41) is 12.5. The van der Waals surface area contributed by atoms with Gasteiger partial charge in [0.05, 0.1) is 10.6 Å². The van der Waals surface area contributed by atoms with E-state index in [2.05, 4.69) is 17.2 Å². The Kier molecular flexibility index (Phi) is 4.07. The van der Waals surface area contributed by atoms with Gasteiger partial charge in [0.15, 0.2) is 0 Å². The summed E-state index contributed by atoms with van der Waals surface area (Å²) < 4.78 is 0. The molecule has 5 heteroatoms. The van der Waals surface area contributed by atoms with Gasteiger partial charge < -0.3 is 10.4 Å². The molecule has 1 aromatic heterocycles. The van der Waals surface area contributed by atoms with Crippen LogP contribution in [0.25, 0.3) is 0 Å². The summed E-state index contributed by atoms with van der Waals surface area (Å²) in [5.74, 6) is 0.398. The summed E-state index contributed by atoms with van der Waals surface area (Å²) in [4.78, 5) is 14.9. The van der Waals surface area contributed by atoms with Gasteiger partial charge in [-0.15, -0.1) is 0 Å². The second-order valence-electron chi connectivity index (χ2n) is 4.79. The van der Waals surface area contributed by atoms with Crippen molar-refractivity contribution < 1.29 is 9.90 Å². The number of hydrogen-bond acceptors (Lipinski definition) is 3. The first-order valence-corrected chi connectivity index (χ1v) is 6.63. The fourth-order valence-electron chi connectivity index (χ4n) is 1.94. The zero-order chi connectivity index (χ0) is 13.1. The van der Waals surface area contributed by atoms with Gasteiger partial charge >= 0.3 is 5.97 Å². The van der Waals surface area contributed by atoms with Gasteiger partial charge in [0.25, 0.3) is 0 Å². The lowest BCUT2D eigenvalue weighted by Crippen LogP contribution is -2.20. The van der Waals surface area contributed by atoms with E-state index in [1.54, 1.807) is 0 Å². The van der Waals surface area contributed by atoms with E-state index in [0.717, 1.165) is 18.8 Å². The molecule has 1 unspecified atom stereocenters. The molecule has 0 bridgehead atoms. The van der Waals surface area contributed by atoms with E-state index >= 15 is 0 Å². The SMILES string of the molecule is CCC(CC1CC1)Nc1ncc(C(=O)O)cc1Cl. The lowest BCUT2D eigenvalue weighted by atomic mass is 10.1. The van der Waals surface area contributed by atoms with Gasteiger partial charge in [0, 0.05) is 12.2 Å². The van der Waals surface area contributed by atoms with Gasteiger partial charge in [-0.2, -0.15) is 0 Å². The van der Waals surface area contributed by atoms with E-state index in [1.165, 1.54) is 25.1 Å². The van der Waals surface area contributed by atoms with Gasteiger partial charge in [-0.25, -0.2) is 9.78 Å². The number of nitrogens with one attached hydrogen (secondary N) is 1. The molecule has 18 heavy (non-hydrogen) atoms. The van der Waals surface area contributed by atoms with Crippen molar-refractivity contribution in [3.05, 3.63) is 22.8 Å². The fraction of sp³-hybridized carbons (Fsp3) is 0.538. The number of aromatic carboxylic acids is 1. The third kappa shape index (κ3) is 3.35. The monoisotopic (exact) mass is 268 g/mol. The van der Waals surface area contributed by atoms with Crippen LogP contribution in [-0.2, 0) is 0 Å². The van der Waals surface area contributed by atoms with Crippen LogP contribution in [0.5, 0.6) is 0 Å². The molecule has 1 aliphatic rings.